The van der Waals surface area contributed by atoms with E-state index in [1.807, 2.05) is 35.2 Å². The number of amides is 1. The van der Waals surface area contributed by atoms with Gasteiger partial charge in [-0.15, -0.1) is 5.10 Å². The highest BCUT2D eigenvalue weighted by Crippen LogP contribution is 2.10. The molecule has 6 heteroatoms. The minimum Gasteiger partial charge on any atom is -0.335 e. The highest BCUT2D eigenvalue weighted by atomic mass is 16.2. The topological polar surface area (TPSA) is 54.3 Å². The molecule has 2 aromatic rings. The van der Waals surface area contributed by atoms with E-state index in [0.29, 0.717) is 11.6 Å². The maximum Gasteiger partial charge on any atom is 0.276 e. The fourth-order valence-corrected chi connectivity index (χ4v) is 2.86. The molecule has 0 bridgehead atoms. The standard InChI is InChI=1S/C17H23N5O/c1-14(2)13-20-8-10-21(11-9-20)17(23)16-12-18-22(19-16)15-6-4-3-5-7-15/h3-7,12,14H,8-11,13H2,1-2H3. The monoisotopic (exact) mass is 313 g/mol. The van der Waals surface area contributed by atoms with Gasteiger partial charge in [-0.1, -0.05) is 32.0 Å². The minimum atomic E-state index is -0.0311. The Labute approximate surface area is 136 Å². The number of para-hydroxylation sites is 1. The molecule has 23 heavy (non-hydrogen) atoms. The molecule has 0 radical (unpaired) electrons. The summed E-state index contributed by atoms with van der Waals surface area (Å²) in [6.07, 6.45) is 1.55. The summed E-state index contributed by atoms with van der Waals surface area (Å²) in [6.45, 7) is 8.89. The van der Waals surface area contributed by atoms with Gasteiger partial charge < -0.3 is 4.90 Å². The van der Waals surface area contributed by atoms with Crippen molar-refractivity contribution in [1.29, 1.82) is 0 Å². The van der Waals surface area contributed by atoms with Crippen molar-refractivity contribution in [2.75, 3.05) is 32.7 Å². The lowest BCUT2D eigenvalue weighted by atomic mass is 10.2. The van der Waals surface area contributed by atoms with Crippen molar-refractivity contribution in [3.63, 3.8) is 0 Å². The van der Waals surface area contributed by atoms with Crippen molar-refractivity contribution in [3.05, 3.63) is 42.2 Å². The first-order valence-corrected chi connectivity index (χ1v) is 8.13. The highest BCUT2D eigenvalue weighted by molar-refractivity contribution is 5.92. The van der Waals surface area contributed by atoms with Gasteiger partial charge in [0.2, 0.25) is 0 Å². The van der Waals surface area contributed by atoms with E-state index >= 15 is 0 Å². The maximum absolute atomic E-state index is 12.6. The Balaban J connectivity index is 1.62. The summed E-state index contributed by atoms with van der Waals surface area (Å²) in [6, 6.07) is 9.62. The maximum atomic E-state index is 12.6. The Kier molecular flexibility index (Phi) is 4.71. The number of nitrogens with zero attached hydrogens (tertiary/aromatic N) is 5. The molecule has 1 fully saturated rings. The summed E-state index contributed by atoms with van der Waals surface area (Å²) < 4.78 is 0. The predicted molar refractivity (Wildman–Crippen MR) is 88.5 cm³/mol. The van der Waals surface area contributed by atoms with Gasteiger partial charge in [-0.25, -0.2) is 0 Å². The third-order valence-corrected chi connectivity index (χ3v) is 3.98. The molecule has 3 rings (SSSR count). The van der Waals surface area contributed by atoms with Gasteiger partial charge in [-0.3, -0.25) is 9.69 Å². The Bertz CT molecular complexity index is 644. The first kappa shape index (κ1) is 15.7. The van der Waals surface area contributed by atoms with Gasteiger partial charge >= 0.3 is 0 Å². The van der Waals surface area contributed by atoms with Crippen LogP contribution in [-0.4, -0.2) is 63.4 Å². The molecule has 1 aromatic heterocycles. The number of hydrogen-bond acceptors (Lipinski definition) is 4. The van der Waals surface area contributed by atoms with Crippen LogP contribution in [0.4, 0.5) is 0 Å². The predicted octanol–water partition coefficient (Wildman–Crippen LogP) is 1.68. The molecule has 1 saturated heterocycles. The molecule has 0 spiro atoms. The number of carbonyl (C=O) groups is 1. The molecule has 0 unspecified atom stereocenters. The summed E-state index contributed by atoms with van der Waals surface area (Å²) in [7, 11) is 0. The number of carbonyl (C=O) groups excluding carboxylic acids is 1. The number of piperazine rings is 1. The molecule has 1 aromatic carbocycles. The number of benzene rings is 1. The largest absolute Gasteiger partial charge is 0.335 e. The van der Waals surface area contributed by atoms with Gasteiger partial charge in [-0.05, 0) is 18.1 Å². The fourth-order valence-electron chi connectivity index (χ4n) is 2.86. The van der Waals surface area contributed by atoms with Crippen LogP contribution in [0.3, 0.4) is 0 Å². The molecule has 0 N–H and O–H groups in total. The second kappa shape index (κ2) is 6.91. The number of aromatic nitrogens is 3. The Morgan fingerprint density at radius 2 is 1.83 bits per heavy atom. The van der Waals surface area contributed by atoms with Crippen molar-refractivity contribution >= 4 is 5.91 Å². The molecule has 1 amide bonds. The molecular formula is C17H23N5O. The van der Waals surface area contributed by atoms with E-state index in [2.05, 4.69) is 28.9 Å². The molecule has 122 valence electrons. The number of rotatable bonds is 4. The quantitative estimate of drug-likeness (QED) is 0.862. The normalized spacial score (nSPS) is 16.0. The zero-order valence-electron chi connectivity index (χ0n) is 13.7. The molecule has 2 heterocycles. The summed E-state index contributed by atoms with van der Waals surface area (Å²) in [5, 5.41) is 8.53. The van der Waals surface area contributed by atoms with E-state index in [-0.39, 0.29) is 5.91 Å². The smallest absolute Gasteiger partial charge is 0.276 e. The van der Waals surface area contributed by atoms with Crippen LogP contribution in [0, 0.1) is 5.92 Å². The molecule has 1 aliphatic heterocycles. The van der Waals surface area contributed by atoms with Crippen LogP contribution in [0.1, 0.15) is 24.3 Å². The van der Waals surface area contributed by atoms with Crippen molar-refractivity contribution in [2.45, 2.75) is 13.8 Å². The number of hydrogen-bond donors (Lipinski definition) is 0. The summed E-state index contributed by atoms with van der Waals surface area (Å²) in [4.78, 5) is 18.4. The summed E-state index contributed by atoms with van der Waals surface area (Å²) >= 11 is 0. The summed E-state index contributed by atoms with van der Waals surface area (Å²) in [5.41, 5.74) is 1.26. The van der Waals surface area contributed by atoms with Crippen LogP contribution >= 0.6 is 0 Å². The average Bonchev–Trinajstić information content (AvgIpc) is 3.05. The van der Waals surface area contributed by atoms with E-state index in [9.17, 15) is 4.79 Å². The van der Waals surface area contributed by atoms with E-state index < -0.39 is 0 Å². The third-order valence-electron chi connectivity index (χ3n) is 3.98. The van der Waals surface area contributed by atoms with E-state index in [4.69, 9.17) is 0 Å². The van der Waals surface area contributed by atoms with Gasteiger partial charge in [0.05, 0.1) is 11.9 Å². The first-order valence-electron chi connectivity index (χ1n) is 8.13. The van der Waals surface area contributed by atoms with Crippen molar-refractivity contribution in [1.82, 2.24) is 24.8 Å². The molecule has 0 atom stereocenters. The van der Waals surface area contributed by atoms with Gasteiger partial charge in [0.25, 0.3) is 5.91 Å². The second-order valence-electron chi connectivity index (χ2n) is 6.34. The lowest BCUT2D eigenvalue weighted by Crippen LogP contribution is -2.49. The summed E-state index contributed by atoms with van der Waals surface area (Å²) in [5.74, 6) is 0.624. The van der Waals surface area contributed by atoms with Gasteiger partial charge in [-0.2, -0.15) is 9.90 Å². The molecule has 0 saturated carbocycles. The van der Waals surface area contributed by atoms with Crippen molar-refractivity contribution in [3.8, 4) is 5.69 Å². The van der Waals surface area contributed by atoms with Crippen LogP contribution < -0.4 is 0 Å². The molecule has 0 aliphatic carbocycles. The molecular weight excluding hydrogens is 290 g/mol. The van der Waals surface area contributed by atoms with E-state index in [0.717, 1.165) is 38.4 Å². The zero-order chi connectivity index (χ0) is 16.2. The highest BCUT2D eigenvalue weighted by Gasteiger charge is 2.24. The lowest BCUT2D eigenvalue weighted by molar-refractivity contribution is 0.0617. The van der Waals surface area contributed by atoms with Gasteiger partial charge in [0.1, 0.15) is 0 Å². The average molecular weight is 313 g/mol. The third kappa shape index (κ3) is 3.76. The molecule has 6 nitrogen and oxygen atoms in total. The second-order valence-corrected chi connectivity index (χ2v) is 6.34. The van der Waals surface area contributed by atoms with Crippen LogP contribution in [0.5, 0.6) is 0 Å². The van der Waals surface area contributed by atoms with Crippen molar-refractivity contribution < 1.29 is 4.79 Å². The van der Waals surface area contributed by atoms with Gasteiger partial charge in [0, 0.05) is 32.7 Å². The lowest BCUT2D eigenvalue weighted by Gasteiger charge is -2.35. The van der Waals surface area contributed by atoms with Crippen molar-refractivity contribution in [2.24, 2.45) is 5.92 Å². The Hall–Kier alpha value is -2.21. The molecule has 1 aliphatic rings. The van der Waals surface area contributed by atoms with Crippen LogP contribution in [-0.2, 0) is 0 Å². The fraction of sp³-hybridized carbons (Fsp3) is 0.471. The zero-order valence-corrected chi connectivity index (χ0v) is 13.7. The van der Waals surface area contributed by atoms with Crippen LogP contribution in [0.15, 0.2) is 36.5 Å². The van der Waals surface area contributed by atoms with E-state index in [1.165, 1.54) is 4.80 Å². The van der Waals surface area contributed by atoms with Crippen LogP contribution in [0.25, 0.3) is 5.69 Å². The Morgan fingerprint density at radius 3 is 2.48 bits per heavy atom. The van der Waals surface area contributed by atoms with Crippen LogP contribution in [0.2, 0.25) is 0 Å². The SMILES string of the molecule is CC(C)CN1CCN(C(=O)c2cnn(-c3ccccc3)n2)CC1. The minimum absolute atomic E-state index is 0.0311. The first-order chi connectivity index (χ1) is 11.1. The van der Waals surface area contributed by atoms with E-state index in [1.54, 1.807) is 6.20 Å². The van der Waals surface area contributed by atoms with Gasteiger partial charge in [0.15, 0.2) is 5.69 Å². The Morgan fingerprint density at radius 1 is 1.13 bits per heavy atom.